The Balaban J connectivity index is 1.64. The number of imidazole rings is 1. The van der Waals surface area contributed by atoms with Gasteiger partial charge < -0.3 is 19.1 Å². The van der Waals surface area contributed by atoms with E-state index in [4.69, 9.17) is 27.9 Å². The Bertz CT molecular complexity index is 924. The SMILES string of the molecule is CN(C)CCN(C)c1cccc(OCc2nccn2Cc2cc(Cl)cc(Cl)c2)n1. The predicted octanol–water partition coefficient (Wildman–Crippen LogP) is 4.21. The molecule has 3 rings (SSSR count). The average Bonchev–Trinajstić information content (AvgIpc) is 3.10. The van der Waals surface area contributed by atoms with Gasteiger partial charge in [-0.15, -0.1) is 0 Å². The molecule has 154 valence electrons. The summed E-state index contributed by atoms with van der Waals surface area (Å²) in [4.78, 5) is 13.3. The lowest BCUT2D eigenvalue weighted by Gasteiger charge is -2.21. The Morgan fingerprint density at radius 1 is 1.03 bits per heavy atom. The largest absolute Gasteiger partial charge is 0.469 e. The Kier molecular flexibility index (Phi) is 7.36. The van der Waals surface area contributed by atoms with Crippen molar-refractivity contribution in [3.63, 3.8) is 0 Å². The lowest BCUT2D eigenvalue weighted by Crippen LogP contribution is -2.29. The van der Waals surface area contributed by atoms with Crippen molar-refractivity contribution in [3.8, 4) is 5.88 Å². The molecule has 0 N–H and O–H groups in total. The first-order chi connectivity index (χ1) is 13.9. The van der Waals surface area contributed by atoms with Crippen LogP contribution in [0, 0.1) is 0 Å². The molecule has 2 heterocycles. The van der Waals surface area contributed by atoms with Crippen molar-refractivity contribution in [3.05, 3.63) is 70.2 Å². The highest BCUT2D eigenvalue weighted by atomic mass is 35.5. The summed E-state index contributed by atoms with van der Waals surface area (Å²) < 4.78 is 7.92. The van der Waals surface area contributed by atoms with Crippen LogP contribution in [0.1, 0.15) is 11.4 Å². The van der Waals surface area contributed by atoms with Crippen LogP contribution in [-0.4, -0.2) is 53.7 Å². The first-order valence-corrected chi connectivity index (χ1v) is 10.1. The molecule has 0 bridgehead atoms. The van der Waals surface area contributed by atoms with Gasteiger partial charge in [-0.1, -0.05) is 29.3 Å². The van der Waals surface area contributed by atoms with E-state index in [0.717, 1.165) is 30.3 Å². The van der Waals surface area contributed by atoms with Crippen molar-refractivity contribution in [2.24, 2.45) is 0 Å². The second kappa shape index (κ2) is 9.96. The molecule has 0 aliphatic carbocycles. The summed E-state index contributed by atoms with van der Waals surface area (Å²) in [5.74, 6) is 2.25. The summed E-state index contributed by atoms with van der Waals surface area (Å²) in [5, 5.41) is 1.23. The van der Waals surface area contributed by atoms with Crippen LogP contribution in [0.4, 0.5) is 5.82 Å². The van der Waals surface area contributed by atoms with Crippen LogP contribution in [-0.2, 0) is 13.2 Å². The van der Waals surface area contributed by atoms with Gasteiger partial charge in [-0.25, -0.2) is 4.98 Å². The van der Waals surface area contributed by atoms with Crippen LogP contribution >= 0.6 is 23.2 Å². The molecule has 2 aromatic heterocycles. The van der Waals surface area contributed by atoms with Crippen molar-refractivity contribution in [2.45, 2.75) is 13.2 Å². The Morgan fingerprint density at radius 3 is 2.52 bits per heavy atom. The normalized spacial score (nSPS) is 11.1. The number of hydrogen-bond donors (Lipinski definition) is 0. The van der Waals surface area contributed by atoms with Crippen LogP contribution in [0.25, 0.3) is 0 Å². The highest BCUT2D eigenvalue weighted by molar-refractivity contribution is 6.34. The number of nitrogens with zero attached hydrogens (tertiary/aromatic N) is 5. The highest BCUT2D eigenvalue weighted by Gasteiger charge is 2.09. The Hall–Kier alpha value is -2.28. The van der Waals surface area contributed by atoms with E-state index in [1.54, 1.807) is 12.3 Å². The molecule has 6 nitrogen and oxygen atoms in total. The molecule has 0 fully saturated rings. The van der Waals surface area contributed by atoms with Crippen LogP contribution in [0.5, 0.6) is 5.88 Å². The molecule has 0 saturated heterocycles. The van der Waals surface area contributed by atoms with Crippen molar-refractivity contribution >= 4 is 29.0 Å². The minimum Gasteiger partial charge on any atom is -0.469 e. The van der Waals surface area contributed by atoms with Gasteiger partial charge in [-0.3, -0.25) is 0 Å². The lowest BCUT2D eigenvalue weighted by atomic mass is 10.2. The van der Waals surface area contributed by atoms with Gasteiger partial charge in [-0.05, 0) is 43.9 Å². The van der Waals surface area contributed by atoms with Crippen LogP contribution in [0.3, 0.4) is 0 Å². The molecule has 29 heavy (non-hydrogen) atoms. The third-order valence-electron chi connectivity index (χ3n) is 4.41. The van der Waals surface area contributed by atoms with Gasteiger partial charge in [0.25, 0.3) is 0 Å². The van der Waals surface area contributed by atoms with E-state index in [1.165, 1.54) is 0 Å². The minimum atomic E-state index is 0.319. The summed E-state index contributed by atoms with van der Waals surface area (Å²) in [6.07, 6.45) is 3.66. The zero-order valence-electron chi connectivity index (χ0n) is 16.8. The second-order valence-corrected chi connectivity index (χ2v) is 7.97. The topological polar surface area (TPSA) is 46.4 Å². The van der Waals surface area contributed by atoms with E-state index >= 15 is 0 Å². The number of rotatable bonds is 9. The fourth-order valence-electron chi connectivity index (χ4n) is 2.82. The van der Waals surface area contributed by atoms with Crippen molar-refractivity contribution in [1.82, 2.24) is 19.4 Å². The number of benzene rings is 1. The summed E-state index contributed by atoms with van der Waals surface area (Å²) in [5.41, 5.74) is 1.00. The van der Waals surface area contributed by atoms with Crippen molar-refractivity contribution in [1.29, 1.82) is 0 Å². The number of hydrogen-bond acceptors (Lipinski definition) is 5. The number of anilines is 1. The maximum Gasteiger partial charge on any atom is 0.215 e. The third-order valence-corrected chi connectivity index (χ3v) is 4.85. The number of ether oxygens (including phenoxy) is 1. The van der Waals surface area contributed by atoms with Gasteiger partial charge in [-0.2, -0.15) is 4.98 Å². The quantitative estimate of drug-likeness (QED) is 0.505. The van der Waals surface area contributed by atoms with E-state index in [2.05, 4.69) is 33.9 Å². The zero-order valence-corrected chi connectivity index (χ0v) is 18.4. The molecule has 1 aromatic carbocycles. The fraction of sp³-hybridized carbons (Fsp3) is 0.333. The number of halogens is 2. The molecule has 0 spiro atoms. The Morgan fingerprint density at radius 2 is 1.79 bits per heavy atom. The fourth-order valence-corrected chi connectivity index (χ4v) is 3.39. The zero-order chi connectivity index (χ0) is 20.8. The molecule has 0 atom stereocenters. The number of pyridine rings is 1. The van der Waals surface area contributed by atoms with Gasteiger partial charge in [0.1, 0.15) is 18.2 Å². The summed E-state index contributed by atoms with van der Waals surface area (Å²) in [6.45, 7) is 2.77. The van der Waals surface area contributed by atoms with Crippen LogP contribution < -0.4 is 9.64 Å². The average molecular weight is 434 g/mol. The number of likely N-dealkylation sites (N-methyl/N-ethyl adjacent to an activating group) is 2. The molecule has 0 amide bonds. The highest BCUT2D eigenvalue weighted by Crippen LogP contribution is 2.20. The lowest BCUT2D eigenvalue weighted by molar-refractivity contribution is 0.279. The molecule has 0 aliphatic rings. The van der Waals surface area contributed by atoms with Gasteiger partial charge in [0.2, 0.25) is 5.88 Å². The van der Waals surface area contributed by atoms with E-state index in [1.807, 2.05) is 48.1 Å². The first kappa shape index (κ1) is 21.4. The molecule has 0 unspecified atom stereocenters. The summed E-state index contributed by atoms with van der Waals surface area (Å²) >= 11 is 12.2. The van der Waals surface area contributed by atoms with Gasteiger partial charge in [0, 0.05) is 55.2 Å². The molecule has 0 aliphatic heterocycles. The second-order valence-electron chi connectivity index (χ2n) is 7.10. The van der Waals surface area contributed by atoms with E-state index in [9.17, 15) is 0 Å². The maximum atomic E-state index is 6.10. The van der Waals surface area contributed by atoms with Crippen LogP contribution in [0.2, 0.25) is 10.0 Å². The van der Waals surface area contributed by atoms with Gasteiger partial charge >= 0.3 is 0 Å². The smallest absolute Gasteiger partial charge is 0.215 e. The maximum absolute atomic E-state index is 6.10. The summed E-state index contributed by atoms with van der Waals surface area (Å²) in [6, 6.07) is 11.3. The monoisotopic (exact) mass is 433 g/mol. The Labute approximate surface area is 181 Å². The molecule has 0 radical (unpaired) electrons. The van der Waals surface area contributed by atoms with Gasteiger partial charge in [0.15, 0.2) is 0 Å². The molecular formula is C21H25Cl2N5O. The third kappa shape index (κ3) is 6.35. The number of aromatic nitrogens is 3. The minimum absolute atomic E-state index is 0.319. The molecule has 0 saturated carbocycles. The summed E-state index contributed by atoms with van der Waals surface area (Å²) in [7, 11) is 6.14. The first-order valence-electron chi connectivity index (χ1n) is 9.31. The molecular weight excluding hydrogens is 409 g/mol. The van der Waals surface area contributed by atoms with Crippen molar-refractivity contribution in [2.75, 3.05) is 39.1 Å². The molecule has 3 aromatic rings. The van der Waals surface area contributed by atoms with E-state index in [0.29, 0.717) is 29.1 Å². The van der Waals surface area contributed by atoms with E-state index in [-0.39, 0.29) is 0 Å². The van der Waals surface area contributed by atoms with Crippen LogP contribution in [0.15, 0.2) is 48.8 Å². The predicted molar refractivity (Wildman–Crippen MR) is 118 cm³/mol. The van der Waals surface area contributed by atoms with E-state index < -0.39 is 0 Å². The van der Waals surface area contributed by atoms with Gasteiger partial charge in [0.05, 0.1) is 0 Å². The van der Waals surface area contributed by atoms with Crippen molar-refractivity contribution < 1.29 is 4.74 Å². The molecule has 8 heteroatoms. The standard InChI is InChI=1S/C21H25Cl2N5O/c1-26(2)9-10-27(3)19-5-4-6-21(25-19)29-15-20-24-7-8-28(20)14-16-11-17(22)13-18(23)12-16/h4-8,11-13H,9-10,14-15H2,1-3H3.